The molecule has 5 nitrogen and oxygen atoms in total. The fraction of sp³-hybridized carbons (Fsp3) is 0.222. The van der Waals surface area contributed by atoms with Crippen LogP contribution in [-0.2, 0) is 11.2 Å². The highest BCUT2D eigenvalue weighted by molar-refractivity contribution is 7.22. The van der Waals surface area contributed by atoms with Gasteiger partial charge in [0.2, 0.25) is 5.78 Å². The van der Waals surface area contributed by atoms with Crippen molar-refractivity contribution in [1.82, 2.24) is 4.98 Å². The van der Waals surface area contributed by atoms with E-state index in [0.29, 0.717) is 15.9 Å². The molecule has 2 aromatic carbocycles. The van der Waals surface area contributed by atoms with Crippen LogP contribution in [0.5, 0.6) is 0 Å². The topological polar surface area (TPSA) is 70.5 Å². The van der Waals surface area contributed by atoms with Crippen LogP contribution in [0.1, 0.15) is 59.1 Å². The molecule has 0 saturated carbocycles. The molecule has 1 atom stereocenters. The van der Waals surface area contributed by atoms with Crippen LogP contribution in [0, 0.1) is 0 Å². The zero-order valence-corrected chi connectivity index (χ0v) is 20.7. The van der Waals surface area contributed by atoms with Crippen molar-refractivity contribution in [3.8, 4) is 0 Å². The maximum absolute atomic E-state index is 13.5. The highest BCUT2D eigenvalue weighted by Gasteiger charge is 2.46. The number of Topliss-reactive ketones (excluding diaryl/α,β-unsaturated/α-hetero) is 1. The minimum Gasteiger partial charge on any atom is -0.503 e. The van der Waals surface area contributed by atoms with E-state index in [1.54, 1.807) is 12.1 Å². The molecule has 1 amide bonds. The van der Waals surface area contributed by atoms with Gasteiger partial charge >= 0.3 is 0 Å². The molecule has 0 bridgehead atoms. The van der Waals surface area contributed by atoms with Gasteiger partial charge in [-0.3, -0.25) is 14.5 Å². The van der Waals surface area contributed by atoms with Gasteiger partial charge < -0.3 is 5.11 Å². The molecule has 34 heavy (non-hydrogen) atoms. The lowest BCUT2D eigenvalue weighted by molar-refractivity contribution is -0.117. The van der Waals surface area contributed by atoms with Crippen molar-refractivity contribution in [3.63, 3.8) is 0 Å². The van der Waals surface area contributed by atoms with Crippen molar-refractivity contribution in [2.45, 2.75) is 39.2 Å². The summed E-state index contributed by atoms with van der Waals surface area (Å²) in [5.74, 6) is -1.10. The number of thiophene rings is 1. The molecule has 0 saturated heterocycles. The number of aliphatic hydroxyl groups is 1. The highest BCUT2D eigenvalue weighted by atomic mass is 32.1. The van der Waals surface area contributed by atoms with E-state index in [4.69, 9.17) is 4.98 Å². The van der Waals surface area contributed by atoms with Crippen LogP contribution in [0.4, 0.5) is 5.13 Å². The lowest BCUT2D eigenvalue weighted by atomic mass is 9.93. The lowest BCUT2D eigenvalue weighted by Gasteiger charge is -2.24. The summed E-state index contributed by atoms with van der Waals surface area (Å²) in [4.78, 5) is 33.5. The van der Waals surface area contributed by atoms with Crippen molar-refractivity contribution in [2.24, 2.45) is 0 Å². The standard InChI is InChI=1S/C27H24N2O3S2/c1-4-16-7-12-19-21(14-16)34-27(28-19)29-23(18-10-8-17(9-11-18)15(2)3)22(25(31)26(29)32)24(30)20-6-5-13-33-20/h5-15,23,31H,4H2,1-3H3/t23-/m0/s1. The Morgan fingerprint density at radius 2 is 1.91 bits per heavy atom. The zero-order valence-electron chi connectivity index (χ0n) is 19.1. The maximum atomic E-state index is 13.5. The Morgan fingerprint density at radius 1 is 1.15 bits per heavy atom. The Bertz CT molecular complexity index is 1420. The highest BCUT2D eigenvalue weighted by Crippen LogP contribution is 2.44. The van der Waals surface area contributed by atoms with Crippen molar-refractivity contribution >= 4 is 49.7 Å². The Labute approximate surface area is 206 Å². The van der Waals surface area contributed by atoms with Gasteiger partial charge in [-0.25, -0.2) is 4.98 Å². The van der Waals surface area contributed by atoms with Gasteiger partial charge in [-0.05, 0) is 52.6 Å². The largest absolute Gasteiger partial charge is 0.503 e. The van der Waals surface area contributed by atoms with Gasteiger partial charge in [0.05, 0.1) is 26.7 Å². The molecule has 5 rings (SSSR count). The number of carbonyl (C=O) groups is 2. The van der Waals surface area contributed by atoms with Gasteiger partial charge in [-0.2, -0.15) is 0 Å². The van der Waals surface area contributed by atoms with E-state index in [2.05, 4.69) is 26.8 Å². The number of aromatic nitrogens is 1. The van der Waals surface area contributed by atoms with Crippen molar-refractivity contribution in [3.05, 3.63) is 92.9 Å². The van der Waals surface area contributed by atoms with Crippen LogP contribution in [0.2, 0.25) is 0 Å². The molecule has 7 heteroatoms. The number of thiazole rings is 1. The van der Waals surface area contributed by atoms with Gasteiger partial charge in [0.25, 0.3) is 5.91 Å². The van der Waals surface area contributed by atoms with Crippen molar-refractivity contribution in [1.29, 1.82) is 0 Å². The monoisotopic (exact) mass is 488 g/mol. The number of ketones is 1. The van der Waals surface area contributed by atoms with Crippen LogP contribution in [0.25, 0.3) is 10.2 Å². The second kappa shape index (κ2) is 8.81. The minimum atomic E-state index is -0.755. The van der Waals surface area contributed by atoms with Crippen LogP contribution in [0.15, 0.2) is 71.3 Å². The van der Waals surface area contributed by atoms with E-state index < -0.39 is 17.7 Å². The van der Waals surface area contributed by atoms with E-state index in [9.17, 15) is 14.7 Å². The number of carbonyl (C=O) groups excluding carboxylic acids is 2. The lowest BCUT2D eigenvalue weighted by Crippen LogP contribution is -2.30. The van der Waals surface area contributed by atoms with Gasteiger partial charge in [0, 0.05) is 0 Å². The first kappa shape index (κ1) is 22.5. The first-order chi connectivity index (χ1) is 16.4. The summed E-state index contributed by atoms with van der Waals surface area (Å²) in [7, 11) is 0. The third-order valence-corrected chi connectivity index (χ3v) is 8.06. The molecule has 0 aliphatic carbocycles. The maximum Gasteiger partial charge on any atom is 0.296 e. The van der Waals surface area contributed by atoms with Gasteiger partial charge in [0.1, 0.15) is 0 Å². The van der Waals surface area contributed by atoms with E-state index in [0.717, 1.165) is 27.8 Å². The van der Waals surface area contributed by atoms with E-state index in [-0.39, 0.29) is 11.4 Å². The molecular weight excluding hydrogens is 464 g/mol. The van der Waals surface area contributed by atoms with Crippen LogP contribution >= 0.6 is 22.7 Å². The molecule has 2 aromatic heterocycles. The molecule has 0 unspecified atom stereocenters. The average Bonchev–Trinajstić information content (AvgIpc) is 3.57. The van der Waals surface area contributed by atoms with Crippen LogP contribution in [-0.4, -0.2) is 21.8 Å². The molecule has 0 spiro atoms. The molecule has 3 heterocycles. The van der Waals surface area contributed by atoms with Crippen LogP contribution < -0.4 is 4.90 Å². The number of amides is 1. The number of hydrogen-bond donors (Lipinski definition) is 1. The number of aliphatic hydroxyl groups excluding tert-OH is 1. The number of aryl methyl sites for hydroxylation is 1. The summed E-state index contributed by atoms with van der Waals surface area (Å²) < 4.78 is 0.966. The number of fused-ring (bicyclic) bond motifs is 1. The molecular formula is C27H24N2O3S2. The predicted molar refractivity (Wildman–Crippen MR) is 138 cm³/mol. The van der Waals surface area contributed by atoms with Crippen LogP contribution in [0.3, 0.4) is 0 Å². The average molecular weight is 489 g/mol. The normalized spacial score (nSPS) is 16.3. The van der Waals surface area contributed by atoms with E-state index in [1.165, 1.54) is 33.1 Å². The number of hydrogen-bond acceptors (Lipinski definition) is 6. The minimum absolute atomic E-state index is 0.0956. The number of anilines is 1. The van der Waals surface area contributed by atoms with Gasteiger partial charge in [-0.15, -0.1) is 11.3 Å². The fourth-order valence-corrected chi connectivity index (χ4v) is 5.97. The summed E-state index contributed by atoms with van der Waals surface area (Å²) in [6.45, 7) is 6.32. The molecule has 1 aliphatic rings. The first-order valence-corrected chi connectivity index (χ1v) is 12.9. The molecule has 1 N–H and O–H groups in total. The smallest absolute Gasteiger partial charge is 0.296 e. The van der Waals surface area contributed by atoms with E-state index >= 15 is 0 Å². The number of nitrogens with zero attached hydrogens (tertiary/aromatic N) is 2. The van der Waals surface area contributed by atoms with Gasteiger partial charge in [-0.1, -0.05) is 68.5 Å². The Kier molecular flexibility index (Phi) is 5.83. The Morgan fingerprint density at radius 3 is 2.56 bits per heavy atom. The molecule has 0 fully saturated rings. The second-order valence-corrected chi connectivity index (χ2v) is 10.6. The Balaban J connectivity index is 1.66. The summed E-state index contributed by atoms with van der Waals surface area (Å²) in [6.07, 6.45) is 0.901. The number of benzene rings is 2. The Hall–Kier alpha value is -3.29. The van der Waals surface area contributed by atoms with Gasteiger partial charge in [0.15, 0.2) is 10.9 Å². The quantitative estimate of drug-likeness (QED) is 0.302. The molecule has 1 aliphatic heterocycles. The second-order valence-electron chi connectivity index (χ2n) is 8.62. The third-order valence-electron chi connectivity index (χ3n) is 6.17. The summed E-state index contributed by atoms with van der Waals surface area (Å²) in [5.41, 5.74) is 3.99. The summed E-state index contributed by atoms with van der Waals surface area (Å²) in [6, 6.07) is 16.7. The van der Waals surface area contributed by atoms with E-state index in [1.807, 2.05) is 41.8 Å². The summed E-state index contributed by atoms with van der Waals surface area (Å²) in [5, 5.41) is 13.2. The fourth-order valence-electron chi connectivity index (χ4n) is 4.23. The number of rotatable bonds is 6. The molecule has 172 valence electrons. The predicted octanol–water partition coefficient (Wildman–Crippen LogP) is 6.83. The molecule has 0 radical (unpaired) electrons. The van der Waals surface area contributed by atoms with Crippen molar-refractivity contribution in [2.75, 3.05) is 4.90 Å². The first-order valence-electron chi connectivity index (χ1n) is 11.2. The SMILES string of the molecule is CCc1ccc2nc(N3C(=O)C(O)=C(C(=O)c4cccs4)[C@@H]3c3ccc(C(C)C)cc3)sc2c1. The summed E-state index contributed by atoms with van der Waals surface area (Å²) >= 11 is 2.69. The van der Waals surface area contributed by atoms with Crippen molar-refractivity contribution < 1.29 is 14.7 Å². The molecule has 4 aromatic rings. The third kappa shape index (κ3) is 3.75. The zero-order chi connectivity index (χ0) is 24.0.